The van der Waals surface area contributed by atoms with Crippen molar-refractivity contribution in [1.82, 2.24) is 5.32 Å². The van der Waals surface area contributed by atoms with Crippen molar-refractivity contribution in [3.05, 3.63) is 0 Å². The summed E-state index contributed by atoms with van der Waals surface area (Å²) in [7, 11) is 0. The van der Waals surface area contributed by atoms with E-state index in [4.69, 9.17) is 5.11 Å². The molecule has 4 heteroatoms. The molecule has 0 aliphatic carbocycles. The molecule has 0 rings (SSSR count). The second-order valence-corrected chi connectivity index (χ2v) is 5.21. The maximum Gasteiger partial charge on any atom is 0.221 e. The maximum absolute atomic E-state index is 11.2. The first-order valence-electron chi connectivity index (χ1n) is 5.08. The van der Waals surface area contributed by atoms with E-state index in [2.05, 4.69) is 12.2 Å². The standard InChI is InChI=1S/C10H21NO2S/c1-8(2)11-10(13)5-7-14-9(3)4-6-12/h8-9,12H,4-7H2,1-3H3,(H,11,13). The van der Waals surface area contributed by atoms with Gasteiger partial charge in [-0.3, -0.25) is 4.79 Å². The molecule has 0 aromatic carbocycles. The van der Waals surface area contributed by atoms with Crippen LogP contribution in [0.3, 0.4) is 0 Å². The van der Waals surface area contributed by atoms with E-state index in [0.29, 0.717) is 11.7 Å². The fraction of sp³-hybridized carbons (Fsp3) is 0.900. The van der Waals surface area contributed by atoms with Crippen LogP contribution in [0.2, 0.25) is 0 Å². The van der Waals surface area contributed by atoms with E-state index < -0.39 is 0 Å². The third-order valence-corrected chi connectivity index (χ3v) is 2.96. The van der Waals surface area contributed by atoms with E-state index in [0.717, 1.165) is 12.2 Å². The Balaban J connectivity index is 3.39. The quantitative estimate of drug-likeness (QED) is 0.680. The summed E-state index contributed by atoms with van der Waals surface area (Å²) in [6.45, 7) is 6.21. The molecule has 0 saturated carbocycles. The van der Waals surface area contributed by atoms with Crippen LogP contribution in [0.1, 0.15) is 33.6 Å². The van der Waals surface area contributed by atoms with Gasteiger partial charge in [-0.05, 0) is 20.3 Å². The lowest BCUT2D eigenvalue weighted by Gasteiger charge is -2.10. The lowest BCUT2D eigenvalue weighted by molar-refractivity contribution is -0.121. The van der Waals surface area contributed by atoms with Gasteiger partial charge >= 0.3 is 0 Å². The van der Waals surface area contributed by atoms with Crippen LogP contribution in [-0.2, 0) is 4.79 Å². The van der Waals surface area contributed by atoms with Crippen LogP contribution >= 0.6 is 11.8 Å². The highest BCUT2D eigenvalue weighted by Gasteiger charge is 2.05. The number of thioether (sulfide) groups is 1. The molecule has 3 nitrogen and oxygen atoms in total. The van der Waals surface area contributed by atoms with E-state index in [-0.39, 0.29) is 18.6 Å². The van der Waals surface area contributed by atoms with Crippen molar-refractivity contribution in [1.29, 1.82) is 0 Å². The smallest absolute Gasteiger partial charge is 0.221 e. The van der Waals surface area contributed by atoms with Crippen molar-refractivity contribution < 1.29 is 9.90 Å². The van der Waals surface area contributed by atoms with Crippen molar-refractivity contribution in [2.75, 3.05) is 12.4 Å². The highest BCUT2D eigenvalue weighted by Crippen LogP contribution is 2.14. The molecule has 0 radical (unpaired) electrons. The van der Waals surface area contributed by atoms with Crippen LogP contribution in [-0.4, -0.2) is 34.7 Å². The zero-order valence-electron chi connectivity index (χ0n) is 9.25. The van der Waals surface area contributed by atoms with E-state index >= 15 is 0 Å². The largest absolute Gasteiger partial charge is 0.396 e. The van der Waals surface area contributed by atoms with Gasteiger partial charge in [0.15, 0.2) is 0 Å². The summed E-state index contributed by atoms with van der Waals surface area (Å²) < 4.78 is 0. The second kappa shape index (κ2) is 8.12. The average Bonchev–Trinajstić information content (AvgIpc) is 2.02. The van der Waals surface area contributed by atoms with Crippen molar-refractivity contribution in [2.24, 2.45) is 0 Å². The summed E-state index contributed by atoms with van der Waals surface area (Å²) in [6.07, 6.45) is 1.37. The number of carbonyl (C=O) groups excluding carboxylic acids is 1. The first kappa shape index (κ1) is 13.8. The third kappa shape index (κ3) is 8.38. The van der Waals surface area contributed by atoms with Crippen LogP contribution < -0.4 is 5.32 Å². The Labute approximate surface area is 90.7 Å². The molecule has 84 valence electrons. The summed E-state index contributed by atoms with van der Waals surface area (Å²) in [5.41, 5.74) is 0. The van der Waals surface area contributed by atoms with Crippen LogP contribution in [0, 0.1) is 0 Å². The minimum Gasteiger partial charge on any atom is -0.396 e. The molecule has 0 bridgehead atoms. The van der Waals surface area contributed by atoms with Crippen LogP contribution in [0.25, 0.3) is 0 Å². The summed E-state index contributed by atoms with van der Waals surface area (Å²) >= 11 is 1.74. The van der Waals surface area contributed by atoms with Crippen LogP contribution in [0.4, 0.5) is 0 Å². The first-order chi connectivity index (χ1) is 6.56. The number of amides is 1. The molecule has 0 aromatic rings. The lowest BCUT2D eigenvalue weighted by atomic mass is 10.3. The Morgan fingerprint density at radius 2 is 2.07 bits per heavy atom. The topological polar surface area (TPSA) is 49.3 Å². The molecule has 2 N–H and O–H groups in total. The Morgan fingerprint density at radius 3 is 2.57 bits per heavy atom. The first-order valence-corrected chi connectivity index (χ1v) is 6.13. The van der Waals surface area contributed by atoms with Crippen LogP contribution in [0.15, 0.2) is 0 Å². The summed E-state index contributed by atoms with van der Waals surface area (Å²) in [5, 5.41) is 12.0. The molecular formula is C10H21NO2S. The highest BCUT2D eigenvalue weighted by atomic mass is 32.2. The maximum atomic E-state index is 11.2. The van der Waals surface area contributed by atoms with Gasteiger partial charge in [0, 0.05) is 30.1 Å². The SMILES string of the molecule is CC(C)NC(=O)CCSC(C)CCO. The van der Waals surface area contributed by atoms with E-state index in [1.54, 1.807) is 11.8 Å². The molecule has 0 aliphatic rings. The molecule has 1 unspecified atom stereocenters. The number of rotatable bonds is 7. The Bertz CT molecular complexity index is 162. The average molecular weight is 219 g/mol. The Kier molecular flexibility index (Phi) is 7.99. The fourth-order valence-corrected chi connectivity index (χ4v) is 1.99. The third-order valence-electron chi connectivity index (χ3n) is 1.72. The number of aliphatic hydroxyl groups excluding tert-OH is 1. The predicted molar refractivity (Wildman–Crippen MR) is 61.5 cm³/mol. The number of hydrogen-bond acceptors (Lipinski definition) is 3. The molecule has 0 spiro atoms. The number of nitrogens with one attached hydrogen (secondary N) is 1. The van der Waals surface area contributed by atoms with Gasteiger partial charge in [-0.25, -0.2) is 0 Å². The van der Waals surface area contributed by atoms with Gasteiger partial charge in [0.25, 0.3) is 0 Å². The number of aliphatic hydroxyl groups is 1. The van der Waals surface area contributed by atoms with Gasteiger partial charge < -0.3 is 10.4 Å². The van der Waals surface area contributed by atoms with E-state index in [1.807, 2.05) is 13.8 Å². The Hall–Kier alpha value is -0.220. The second-order valence-electron chi connectivity index (χ2n) is 3.67. The molecule has 14 heavy (non-hydrogen) atoms. The normalized spacial score (nSPS) is 12.9. The lowest BCUT2D eigenvalue weighted by Crippen LogP contribution is -2.30. The molecule has 1 atom stereocenters. The van der Waals surface area contributed by atoms with Gasteiger partial charge in [0.2, 0.25) is 5.91 Å². The van der Waals surface area contributed by atoms with Gasteiger partial charge in [0.05, 0.1) is 0 Å². The molecule has 0 heterocycles. The highest BCUT2D eigenvalue weighted by molar-refractivity contribution is 7.99. The molecule has 1 amide bonds. The minimum absolute atomic E-state index is 0.115. The van der Waals surface area contributed by atoms with E-state index in [1.165, 1.54) is 0 Å². The van der Waals surface area contributed by atoms with Crippen molar-refractivity contribution in [2.45, 2.75) is 44.9 Å². The van der Waals surface area contributed by atoms with Crippen molar-refractivity contribution in [3.63, 3.8) is 0 Å². The predicted octanol–water partition coefficient (Wildman–Crippen LogP) is 1.41. The summed E-state index contributed by atoms with van der Waals surface area (Å²) in [5.74, 6) is 0.948. The summed E-state index contributed by atoms with van der Waals surface area (Å²) in [4.78, 5) is 11.2. The zero-order valence-corrected chi connectivity index (χ0v) is 10.1. The molecule has 0 saturated heterocycles. The monoisotopic (exact) mass is 219 g/mol. The van der Waals surface area contributed by atoms with Crippen molar-refractivity contribution in [3.8, 4) is 0 Å². The van der Waals surface area contributed by atoms with Crippen LogP contribution in [0.5, 0.6) is 0 Å². The van der Waals surface area contributed by atoms with Gasteiger partial charge in [-0.1, -0.05) is 6.92 Å². The fourth-order valence-electron chi connectivity index (χ4n) is 1.01. The van der Waals surface area contributed by atoms with Gasteiger partial charge in [-0.15, -0.1) is 0 Å². The summed E-state index contributed by atoms with van der Waals surface area (Å²) in [6, 6.07) is 0.224. The van der Waals surface area contributed by atoms with Crippen molar-refractivity contribution >= 4 is 17.7 Å². The molecule has 0 aliphatic heterocycles. The van der Waals surface area contributed by atoms with E-state index in [9.17, 15) is 4.79 Å². The molecule has 0 aromatic heterocycles. The zero-order chi connectivity index (χ0) is 11.0. The van der Waals surface area contributed by atoms with Gasteiger partial charge in [0.1, 0.15) is 0 Å². The molecule has 0 fully saturated rings. The molecular weight excluding hydrogens is 198 g/mol. The number of carbonyl (C=O) groups is 1. The van der Waals surface area contributed by atoms with Gasteiger partial charge in [-0.2, -0.15) is 11.8 Å². The Morgan fingerprint density at radius 1 is 1.43 bits per heavy atom. The minimum atomic E-state index is 0.115. The number of hydrogen-bond donors (Lipinski definition) is 2.